The lowest BCUT2D eigenvalue weighted by Gasteiger charge is -2.25. The fraction of sp³-hybridized carbons (Fsp3) is 0.538. The van der Waals surface area contributed by atoms with Crippen LogP contribution in [0.4, 0.5) is 20.2 Å². The first-order valence-corrected chi connectivity index (χ1v) is 6.49. The van der Waals surface area contributed by atoms with E-state index >= 15 is 0 Å². The number of halogens is 2. The molecule has 1 aromatic carbocycles. The largest absolute Gasteiger partial charge is 0.378 e. The Hall–Kier alpha value is -1.76. The number of likely N-dealkylation sites (N-methyl/N-ethyl adjacent to an activating group) is 1. The number of nitrogens with zero attached hydrogens (tertiary/aromatic N) is 2. The summed E-state index contributed by atoms with van der Waals surface area (Å²) in [7, 11) is 1.98. The second-order valence-electron chi connectivity index (χ2n) is 5.17. The van der Waals surface area contributed by atoms with E-state index in [2.05, 4.69) is 10.2 Å². The van der Waals surface area contributed by atoms with Gasteiger partial charge in [-0.05, 0) is 26.8 Å². The van der Waals surface area contributed by atoms with Gasteiger partial charge in [-0.2, -0.15) is 4.39 Å². The predicted molar refractivity (Wildman–Crippen MR) is 71.7 cm³/mol. The van der Waals surface area contributed by atoms with Gasteiger partial charge in [-0.15, -0.1) is 0 Å². The summed E-state index contributed by atoms with van der Waals surface area (Å²) in [5.41, 5.74) is -0.837. The summed E-state index contributed by atoms with van der Waals surface area (Å²) in [6, 6.07) is 2.13. The van der Waals surface area contributed by atoms with E-state index in [0.29, 0.717) is 18.7 Å². The van der Waals surface area contributed by atoms with E-state index in [1.54, 1.807) is 0 Å². The van der Waals surface area contributed by atoms with Crippen LogP contribution in [0.15, 0.2) is 12.1 Å². The van der Waals surface area contributed by atoms with Crippen molar-refractivity contribution in [3.63, 3.8) is 0 Å². The molecular weight excluding hydrogens is 268 g/mol. The van der Waals surface area contributed by atoms with Gasteiger partial charge in [0.25, 0.3) is 0 Å². The molecule has 2 rings (SSSR count). The molecule has 110 valence electrons. The van der Waals surface area contributed by atoms with Crippen molar-refractivity contribution in [2.75, 3.05) is 18.9 Å². The first-order valence-electron chi connectivity index (χ1n) is 6.49. The molecule has 0 aromatic heterocycles. The van der Waals surface area contributed by atoms with E-state index in [-0.39, 0.29) is 11.7 Å². The summed E-state index contributed by atoms with van der Waals surface area (Å²) in [6.45, 7) is 2.35. The smallest absolute Gasteiger partial charge is 0.327 e. The summed E-state index contributed by atoms with van der Waals surface area (Å²) in [4.78, 5) is 12.2. The van der Waals surface area contributed by atoms with Gasteiger partial charge in [-0.25, -0.2) is 4.39 Å². The molecule has 1 N–H and O–H groups in total. The molecule has 1 aliphatic carbocycles. The van der Waals surface area contributed by atoms with Crippen LogP contribution in [0.3, 0.4) is 0 Å². The van der Waals surface area contributed by atoms with Gasteiger partial charge in [0.05, 0.1) is 4.92 Å². The van der Waals surface area contributed by atoms with E-state index in [1.165, 1.54) is 0 Å². The highest BCUT2D eigenvalue weighted by molar-refractivity contribution is 5.62. The third kappa shape index (κ3) is 3.22. The summed E-state index contributed by atoms with van der Waals surface area (Å²) in [5.74, 6) is -2.00. The van der Waals surface area contributed by atoms with Crippen LogP contribution in [0, 0.1) is 21.7 Å². The third-order valence-corrected chi connectivity index (χ3v) is 3.62. The standard InChI is InChI=1S/C13H17F2N3O2/c1-8(17(2)10-3-4-10)7-16-12-6-9(14)5-11(15)13(12)18(19)20/h5-6,8,10,16H,3-4,7H2,1-2H3. The van der Waals surface area contributed by atoms with E-state index in [9.17, 15) is 18.9 Å². The van der Waals surface area contributed by atoms with Crippen molar-refractivity contribution in [2.24, 2.45) is 0 Å². The second kappa shape index (κ2) is 5.70. The van der Waals surface area contributed by atoms with Crippen LogP contribution in [0.25, 0.3) is 0 Å². The number of nitrogens with one attached hydrogen (secondary N) is 1. The Kier molecular flexibility index (Phi) is 4.17. The first-order chi connectivity index (χ1) is 9.40. The van der Waals surface area contributed by atoms with E-state index in [4.69, 9.17) is 0 Å². The van der Waals surface area contributed by atoms with Gasteiger partial charge in [0.15, 0.2) is 0 Å². The average molecular weight is 285 g/mol. The van der Waals surface area contributed by atoms with E-state index in [0.717, 1.165) is 18.9 Å². The highest BCUT2D eigenvalue weighted by atomic mass is 19.1. The van der Waals surface area contributed by atoms with Gasteiger partial charge >= 0.3 is 5.69 Å². The van der Waals surface area contributed by atoms with Crippen LogP contribution in [0.2, 0.25) is 0 Å². The Balaban J connectivity index is 2.10. The molecule has 7 heteroatoms. The number of benzene rings is 1. The van der Waals surface area contributed by atoms with Gasteiger partial charge < -0.3 is 5.32 Å². The number of hydrogen-bond donors (Lipinski definition) is 1. The van der Waals surface area contributed by atoms with Crippen LogP contribution in [0.5, 0.6) is 0 Å². The van der Waals surface area contributed by atoms with E-state index in [1.807, 2.05) is 14.0 Å². The number of hydrogen-bond acceptors (Lipinski definition) is 4. The van der Waals surface area contributed by atoms with Gasteiger partial charge in [0, 0.05) is 30.8 Å². The van der Waals surface area contributed by atoms with Crippen LogP contribution in [-0.4, -0.2) is 35.5 Å². The summed E-state index contributed by atoms with van der Waals surface area (Å²) in [6.07, 6.45) is 2.30. The molecule has 1 aromatic rings. The molecular formula is C13H17F2N3O2. The van der Waals surface area contributed by atoms with Crippen LogP contribution in [-0.2, 0) is 0 Å². The van der Waals surface area contributed by atoms with Crippen molar-refractivity contribution in [3.8, 4) is 0 Å². The lowest BCUT2D eigenvalue weighted by atomic mass is 10.2. The Labute approximate surface area is 115 Å². The molecule has 0 radical (unpaired) electrons. The van der Waals surface area contributed by atoms with Gasteiger partial charge in [-0.1, -0.05) is 0 Å². The zero-order valence-corrected chi connectivity index (χ0v) is 11.4. The maximum Gasteiger partial charge on any atom is 0.327 e. The Morgan fingerprint density at radius 3 is 2.70 bits per heavy atom. The monoisotopic (exact) mass is 285 g/mol. The number of rotatable bonds is 6. The van der Waals surface area contributed by atoms with Crippen LogP contribution in [0.1, 0.15) is 19.8 Å². The molecule has 0 aliphatic heterocycles. The van der Waals surface area contributed by atoms with Crippen LogP contribution >= 0.6 is 0 Å². The van der Waals surface area contributed by atoms with Crippen molar-refractivity contribution >= 4 is 11.4 Å². The van der Waals surface area contributed by atoms with Gasteiger partial charge in [0.2, 0.25) is 5.82 Å². The van der Waals surface area contributed by atoms with Gasteiger partial charge in [0.1, 0.15) is 11.5 Å². The minimum atomic E-state index is -1.17. The van der Waals surface area contributed by atoms with Gasteiger partial charge in [-0.3, -0.25) is 15.0 Å². The molecule has 5 nitrogen and oxygen atoms in total. The normalized spacial score (nSPS) is 16.2. The van der Waals surface area contributed by atoms with E-state index < -0.39 is 22.2 Å². The second-order valence-corrected chi connectivity index (χ2v) is 5.17. The highest BCUT2D eigenvalue weighted by Gasteiger charge is 2.29. The predicted octanol–water partition coefficient (Wildman–Crippen LogP) is 2.77. The molecule has 0 heterocycles. The molecule has 1 aliphatic rings. The van der Waals surface area contributed by atoms with Crippen molar-refractivity contribution in [1.82, 2.24) is 4.90 Å². The highest BCUT2D eigenvalue weighted by Crippen LogP contribution is 2.30. The van der Waals surface area contributed by atoms with Crippen LogP contribution < -0.4 is 5.32 Å². The molecule has 0 saturated heterocycles. The Morgan fingerprint density at radius 2 is 2.15 bits per heavy atom. The van der Waals surface area contributed by atoms with Crippen molar-refractivity contribution in [2.45, 2.75) is 31.8 Å². The van der Waals surface area contributed by atoms with Crippen molar-refractivity contribution < 1.29 is 13.7 Å². The maximum atomic E-state index is 13.5. The lowest BCUT2D eigenvalue weighted by Crippen LogP contribution is -2.36. The molecule has 1 fully saturated rings. The number of nitro groups is 1. The summed E-state index contributed by atoms with van der Waals surface area (Å²) in [5, 5.41) is 13.6. The topological polar surface area (TPSA) is 58.4 Å². The minimum Gasteiger partial charge on any atom is -0.378 e. The number of nitro benzene ring substituents is 1. The summed E-state index contributed by atoms with van der Waals surface area (Å²) >= 11 is 0. The zero-order valence-electron chi connectivity index (χ0n) is 11.4. The molecule has 1 atom stereocenters. The molecule has 0 spiro atoms. The summed E-state index contributed by atoms with van der Waals surface area (Å²) < 4.78 is 26.6. The molecule has 1 unspecified atom stereocenters. The van der Waals surface area contributed by atoms with Crippen molar-refractivity contribution in [3.05, 3.63) is 33.9 Å². The maximum absolute atomic E-state index is 13.5. The SMILES string of the molecule is CC(CNc1cc(F)cc(F)c1[N+](=O)[O-])N(C)C1CC1. The Bertz CT molecular complexity index is 521. The molecule has 20 heavy (non-hydrogen) atoms. The average Bonchev–Trinajstić information content (AvgIpc) is 3.17. The third-order valence-electron chi connectivity index (χ3n) is 3.62. The molecule has 1 saturated carbocycles. The zero-order chi connectivity index (χ0) is 14.9. The lowest BCUT2D eigenvalue weighted by molar-refractivity contribution is -0.386. The minimum absolute atomic E-state index is 0.119. The Morgan fingerprint density at radius 1 is 1.50 bits per heavy atom. The first kappa shape index (κ1) is 14.6. The number of anilines is 1. The quantitative estimate of drug-likeness (QED) is 0.645. The molecule has 0 bridgehead atoms. The fourth-order valence-corrected chi connectivity index (χ4v) is 2.13. The molecule has 0 amide bonds. The fourth-order valence-electron chi connectivity index (χ4n) is 2.13. The van der Waals surface area contributed by atoms with Crippen molar-refractivity contribution in [1.29, 1.82) is 0 Å².